The molecule has 3 rings (SSSR count). The summed E-state index contributed by atoms with van der Waals surface area (Å²) in [7, 11) is 1.78. The number of amides is 1. The SMILES string of the molecule is CN=C(NCCN1C(=O)Cc2ccccc21)NCC1CC1.I. The topological polar surface area (TPSA) is 56.7 Å². The van der Waals surface area contributed by atoms with Gasteiger partial charge in [0.1, 0.15) is 0 Å². The highest BCUT2D eigenvalue weighted by atomic mass is 127. The Morgan fingerprint density at radius 3 is 2.82 bits per heavy atom. The standard InChI is InChI=1S/C16H22N4O.HI/c1-17-16(19-11-12-6-7-12)18-8-9-20-14-5-3-2-4-13(14)10-15(20)21;/h2-5,12H,6-11H2,1H3,(H2,17,18,19);1H. The van der Waals surface area contributed by atoms with Crippen LogP contribution >= 0.6 is 24.0 Å². The molecule has 6 heteroatoms. The summed E-state index contributed by atoms with van der Waals surface area (Å²) in [5.74, 6) is 1.82. The van der Waals surface area contributed by atoms with Gasteiger partial charge in [-0.15, -0.1) is 24.0 Å². The van der Waals surface area contributed by atoms with E-state index in [9.17, 15) is 4.79 Å². The van der Waals surface area contributed by atoms with Crippen molar-refractivity contribution >= 4 is 41.5 Å². The summed E-state index contributed by atoms with van der Waals surface area (Å²) in [6, 6.07) is 8.00. The van der Waals surface area contributed by atoms with Crippen LogP contribution in [0.3, 0.4) is 0 Å². The molecule has 0 saturated heterocycles. The van der Waals surface area contributed by atoms with Gasteiger partial charge in [0.05, 0.1) is 6.42 Å². The molecule has 1 aromatic rings. The Morgan fingerprint density at radius 1 is 1.32 bits per heavy atom. The maximum absolute atomic E-state index is 12.1. The summed E-state index contributed by atoms with van der Waals surface area (Å²) in [5.41, 5.74) is 2.17. The van der Waals surface area contributed by atoms with Gasteiger partial charge in [0.25, 0.3) is 0 Å². The van der Waals surface area contributed by atoms with Crippen LogP contribution in [0.1, 0.15) is 18.4 Å². The summed E-state index contributed by atoms with van der Waals surface area (Å²) in [6.45, 7) is 2.36. The lowest BCUT2D eigenvalue weighted by Gasteiger charge is -2.19. The molecule has 1 fully saturated rings. The van der Waals surface area contributed by atoms with Crippen LogP contribution in [0.15, 0.2) is 29.3 Å². The van der Waals surface area contributed by atoms with Crippen LogP contribution in [0, 0.1) is 5.92 Å². The Balaban J connectivity index is 0.00000176. The van der Waals surface area contributed by atoms with E-state index < -0.39 is 0 Å². The highest BCUT2D eigenvalue weighted by molar-refractivity contribution is 14.0. The molecule has 2 N–H and O–H groups in total. The molecule has 1 aliphatic carbocycles. The number of halogens is 1. The first kappa shape index (κ1) is 17.1. The highest BCUT2D eigenvalue weighted by Crippen LogP contribution is 2.28. The number of aliphatic imine (C=N–C) groups is 1. The molecule has 0 atom stereocenters. The van der Waals surface area contributed by atoms with Crippen molar-refractivity contribution in [3.63, 3.8) is 0 Å². The Kier molecular flexibility index (Phi) is 6.05. The Morgan fingerprint density at radius 2 is 2.09 bits per heavy atom. The smallest absolute Gasteiger partial charge is 0.231 e. The van der Waals surface area contributed by atoms with E-state index in [2.05, 4.69) is 15.6 Å². The van der Waals surface area contributed by atoms with Crippen molar-refractivity contribution < 1.29 is 4.79 Å². The Labute approximate surface area is 148 Å². The van der Waals surface area contributed by atoms with Crippen molar-refractivity contribution in [3.05, 3.63) is 29.8 Å². The fraction of sp³-hybridized carbons (Fsp3) is 0.500. The van der Waals surface area contributed by atoms with Gasteiger partial charge >= 0.3 is 0 Å². The minimum absolute atomic E-state index is 0. The van der Waals surface area contributed by atoms with Crippen LogP contribution in [-0.2, 0) is 11.2 Å². The zero-order valence-electron chi connectivity index (χ0n) is 12.8. The molecule has 2 aliphatic rings. The van der Waals surface area contributed by atoms with Gasteiger partial charge in [-0.05, 0) is 30.4 Å². The molecule has 1 amide bonds. The normalized spacial score (nSPS) is 17.0. The molecular formula is C16H23IN4O. The highest BCUT2D eigenvalue weighted by Gasteiger charge is 2.26. The molecule has 0 spiro atoms. The molecule has 1 saturated carbocycles. The molecule has 22 heavy (non-hydrogen) atoms. The lowest BCUT2D eigenvalue weighted by molar-refractivity contribution is -0.117. The van der Waals surface area contributed by atoms with Crippen LogP contribution < -0.4 is 15.5 Å². The first-order valence-corrected chi connectivity index (χ1v) is 7.60. The molecule has 1 aromatic carbocycles. The van der Waals surface area contributed by atoms with Gasteiger partial charge in [0, 0.05) is 32.4 Å². The van der Waals surface area contributed by atoms with Crippen molar-refractivity contribution in [3.8, 4) is 0 Å². The van der Waals surface area contributed by atoms with Gasteiger partial charge in [0.2, 0.25) is 5.91 Å². The summed E-state index contributed by atoms with van der Waals surface area (Å²) in [6.07, 6.45) is 3.16. The fourth-order valence-electron chi connectivity index (χ4n) is 2.63. The monoisotopic (exact) mass is 414 g/mol. The van der Waals surface area contributed by atoms with E-state index in [0.29, 0.717) is 19.5 Å². The largest absolute Gasteiger partial charge is 0.356 e. The average Bonchev–Trinajstić information content (AvgIpc) is 3.26. The minimum atomic E-state index is 0. The first-order valence-electron chi connectivity index (χ1n) is 7.60. The first-order chi connectivity index (χ1) is 10.3. The van der Waals surface area contributed by atoms with Crippen molar-refractivity contribution in [1.29, 1.82) is 0 Å². The third-order valence-electron chi connectivity index (χ3n) is 4.03. The molecule has 120 valence electrons. The second-order valence-corrected chi connectivity index (χ2v) is 5.67. The van der Waals surface area contributed by atoms with Gasteiger partial charge in [0.15, 0.2) is 5.96 Å². The van der Waals surface area contributed by atoms with Crippen LogP contribution in [0.4, 0.5) is 5.69 Å². The van der Waals surface area contributed by atoms with E-state index in [1.807, 2.05) is 29.2 Å². The van der Waals surface area contributed by atoms with Crippen LogP contribution in [0.2, 0.25) is 0 Å². The molecule has 5 nitrogen and oxygen atoms in total. The van der Waals surface area contributed by atoms with E-state index in [1.165, 1.54) is 12.8 Å². The molecule has 0 bridgehead atoms. The number of hydrogen-bond donors (Lipinski definition) is 2. The summed E-state index contributed by atoms with van der Waals surface area (Å²) < 4.78 is 0. The number of rotatable bonds is 5. The van der Waals surface area contributed by atoms with E-state index >= 15 is 0 Å². The number of para-hydroxylation sites is 1. The molecule has 0 aromatic heterocycles. The average molecular weight is 414 g/mol. The lowest BCUT2D eigenvalue weighted by atomic mass is 10.2. The fourth-order valence-corrected chi connectivity index (χ4v) is 2.63. The summed E-state index contributed by atoms with van der Waals surface area (Å²) in [5, 5.41) is 6.60. The minimum Gasteiger partial charge on any atom is -0.356 e. The zero-order chi connectivity index (χ0) is 14.7. The molecule has 0 unspecified atom stereocenters. The van der Waals surface area contributed by atoms with Crippen LogP contribution in [-0.4, -0.2) is 38.5 Å². The molecule has 0 radical (unpaired) electrons. The van der Waals surface area contributed by atoms with Crippen LogP contribution in [0.5, 0.6) is 0 Å². The third-order valence-corrected chi connectivity index (χ3v) is 4.03. The second-order valence-electron chi connectivity index (χ2n) is 5.67. The summed E-state index contributed by atoms with van der Waals surface area (Å²) >= 11 is 0. The predicted octanol–water partition coefficient (Wildman–Crippen LogP) is 1.77. The number of carbonyl (C=O) groups is 1. The zero-order valence-corrected chi connectivity index (χ0v) is 15.2. The van der Waals surface area contributed by atoms with E-state index in [0.717, 1.165) is 29.7 Å². The van der Waals surface area contributed by atoms with Crippen molar-refractivity contribution in [2.24, 2.45) is 10.9 Å². The van der Waals surface area contributed by atoms with Gasteiger partial charge in [-0.2, -0.15) is 0 Å². The summed E-state index contributed by atoms with van der Waals surface area (Å²) in [4.78, 5) is 18.1. The number of guanidine groups is 1. The van der Waals surface area contributed by atoms with Crippen molar-refractivity contribution in [2.75, 3.05) is 31.6 Å². The number of hydrogen-bond acceptors (Lipinski definition) is 2. The molecular weight excluding hydrogens is 391 g/mol. The van der Waals surface area contributed by atoms with Crippen molar-refractivity contribution in [1.82, 2.24) is 10.6 Å². The van der Waals surface area contributed by atoms with Gasteiger partial charge in [-0.3, -0.25) is 9.79 Å². The molecule has 1 aliphatic heterocycles. The van der Waals surface area contributed by atoms with Gasteiger partial charge in [-0.25, -0.2) is 0 Å². The van der Waals surface area contributed by atoms with E-state index in [1.54, 1.807) is 7.05 Å². The van der Waals surface area contributed by atoms with Gasteiger partial charge in [-0.1, -0.05) is 18.2 Å². The predicted molar refractivity (Wildman–Crippen MR) is 100 cm³/mol. The third kappa shape index (κ3) is 4.12. The van der Waals surface area contributed by atoms with E-state index in [-0.39, 0.29) is 29.9 Å². The molecule has 1 heterocycles. The number of nitrogens with one attached hydrogen (secondary N) is 2. The Hall–Kier alpha value is -1.31. The lowest BCUT2D eigenvalue weighted by Crippen LogP contribution is -2.42. The number of carbonyl (C=O) groups excluding carboxylic acids is 1. The number of benzene rings is 1. The number of fused-ring (bicyclic) bond motifs is 1. The number of anilines is 1. The quantitative estimate of drug-likeness (QED) is 0.439. The second kappa shape index (κ2) is 7.80. The Bertz CT molecular complexity index is 557. The van der Waals surface area contributed by atoms with E-state index in [4.69, 9.17) is 0 Å². The van der Waals surface area contributed by atoms with Crippen molar-refractivity contribution in [2.45, 2.75) is 19.3 Å². The van der Waals surface area contributed by atoms with Gasteiger partial charge < -0.3 is 15.5 Å². The number of nitrogens with zero attached hydrogens (tertiary/aromatic N) is 2. The van der Waals surface area contributed by atoms with Crippen LogP contribution in [0.25, 0.3) is 0 Å². The maximum Gasteiger partial charge on any atom is 0.231 e. The maximum atomic E-state index is 12.1.